The third-order valence-electron chi connectivity index (χ3n) is 2.32. The highest BCUT2D eigenvalue weighted by Crippen LogP contribution is 2.27. The fourth-order valence-corrected chi connectivity index (χ4v) is 2.22. The topological polar surface area (TPSA) is 29.5 Å². The first-order valence-corrected chi connectivity index (χ1v) is 6.92. The van der Waals surface area contributed by atoms with Gasteiger partial charge < -0.3 is 9.84 Å². The molecule has 0 fully saturated rings. The third kappa shape index (κ3) is 4.06. The first-order valence-electron chi connectivity index (χ1n) is 5.77. The fourth-order valence-electron chi connectivity index (χ4n) is 1.54. The molecule has 0 radical (unpaired) electrons. The van der Waals surface area contributed by atoms with Gasteiger partial charge >= 0.3 is 0 Å². The summed E-state index contributed by atoms with van der Waals surface area (Å²) in [5.41, 5.74) is 0.904. The molecule has 1 N–H and O–H groups in total. The van der Waals surface area contributed by atoms with Crippen molar-refractivity contribution < 1.29 is 9.84 Å². The van der Waals surface area contributed by atoms with Gasteiger partial charge in [0.15, 0.2) is 0 Å². The number of hydrogen-bond acceptors (Lipinski definition) is 3. The second-order valence-corrected chi connectivity index (χ2v) is 4.87. The zero-order chi connectivity index (χ0) is 11.8. The average Bonchev–Trinajstić information content (AvgIpc) is 2.30. The molecule has 2 nitrogen and oxygen atoms in total. The summed E-state index contributed by atoms with van der Waals surface area (Å²) < 4.78 is 5.50. The van der Waals surface area contributed by atoms with Gasteiger partial charge in [0.25, 0.3) is 0 Å². The minimum absolute atomic E-state index is 0.415. The highest BCUT2D eigenvalue weighted by atomic mass is 32.2. The second-order valence-electron chi connectivity index (χ2n) is 3.47. The molecule has 0 spiro atoms. The van der Waals surface area contributed by atoms with E-state index in [4.69, 9.17) is 4.74 Å². The first-order chi connectivity index (χ1) is 7.79. The summed E-state index contributed by atoms with van der Waals surface area (Å²) in [5.74, 6) is 2.89. The molecule has 0 saturated heterocycles. The van der Waals surface area contributed by atoms with Crippen LogP contribution in [0.25, 0.3) is 0 Å². The van der Waals surface area contributed by atoms with Crippen LogP contribution in [0.5, 0.6) is 5.75 Å². The van der Waals surface area contributed by atoms with Crippen LogP contribution in [0.15, 0.2) is 24.3 Å². The lowest BCUT2D eigenvalue weighted by atomic mass is 10.1. The fraction of sp³-hybridized carbons (Fsp3) is 0.538. The molecule has 0 amide bonds. The van der Waals surface area contributed by atoms with Crippen molar-refractivity contribution in [1.29, 1.82) is 0 Å². The summed E-state index contributed by atoms with van der Waals surface area (Å²) >= 11 is 1.85. The number of hydrogen-bond donors (Lipinski definition) is 1. The molecular weight excluding hydrogens is 220 g/mol. The number of rotatable bonds is 7. The van der Waals surface area contributed by atoms with Crippen LogP contribution >= 0.6 is 11.8 Å². The quantitative estimate of drug-likeness (QED) is 0.742. The summed E-state index contributed by atoms with van der Waals surface area (Å²) in [6.07, 6.45) is 0.365. The van der Waals surface area contributed by atoms with Gasteiger partial charge in [-0.1, -0.05) is 25.1 Å². The van der Waals surface area contributed by atoms with Crippen LogP contribution in [-0.2, 0) is 0 Å². The number of thioether (sulfide) groups is 1. The smallest absolute Gasteiger partial charge is 0.125 e. The Hall–Kier alpha value is -0.670. The Morgan fingerprint density at radius 3 is 2.75 bits per heavy atom. The van der Waals surface area contributed by atoms with Crippen molar-refractivity contribution in [2.75, 3.05) is 18.1 Å². The van der Waals surface area contributed by atoms with Gasteiger partial charge in [0.1, 0.15) is 5.75 Å². The molecule has 0 saturated carbocycles. The molecule has 0 aliphatic carbocycles. The second kappa shape index (κ2) is 7.58. The Kier molecular flexibility index (Phi) is 6.34. The molecule has 0 aromatic heterocycles. The zero-order valence-electron chi connectivity index (χ0n) is 9.98. The molecule has 1 atom stereocenters. The predicted molar refractivity (Wildman–Crippen MR) is 70.2 cm³/mol. The number of para-hydroxylation sites is 1. The van der Waals surface area contributed by atoms with Crippen LogP contribution < -0.4 is 4.74 Å². The maximum absolute atomic E-state index is 10.1. The summed E-state index contributed by atoms with van der Waals surface area (Å²) in [7, 11) is 0. The molecule has 1 aromatic rings. The van der Waals surface area contributed by atoms with Crippen LogP contribution in [0.2, 0.25) is 0 Å². The Morgan fingerprint density at radius 1 is 1.31 bits per heavy atom. The van der Waals surface area contributed by atoms with E-state index < -0.39 is 6.10 Å². The standard InChI is InChI=1S/C13H20O2S/c1-3-15-13-8-6-5-7-11(13)12(14)9-10-16-4-2/h5-8,12,14H,3-4,9-10H2,1-2H3. The summed E-state index contributed by atoms with van der Waals surface area (Å²) in [4.78, 5) is 0. The monoisotopic (exact) mass is 240 g/mol. The van der Waals surface area contributed by atoms with Crippen molar-refractivity contribution in [1.82, 2.24) is 0 Å². The highest BCUT2D eigenvalue weighted by molar-refractivity contribution is 7.99. The molecule has 0 heterocycles. The van der Waals surface area contributed by atoms with Gasteiger partial charge in [-0.15, -0.1) is 0 Å². The molecule has 1 unspecified atom stereocenters. The Balaban J connectivity index is 2.62. The Labute approximate surface area is 102 Å². The summed E-state index contributed by atoms with van der Waals surface area (Å²) in [5, 5.41) is 10.1. The van der Waals surface area contributed by atoms with Gasteiger partial charge in [-0.2, -0.15) is 11.8 Å². The van der Waals surface area contributed by atoms with Crippen molar-refractivity contribution in [3.63, 3.8) is 0 Å². The normalized spacial score (nSPS) is 12.4. The SMILES string of the molecule is CCOc1ccccc1C(O)CCSCC. The summed E-state index contributed by atoms with van der Waals surface area (Å²) in [6, 6.07) is 7.72. The highest BCUT2D eigenvalue weighted by Gasteiger charge is 2.12. The lowest BCUT2D eigenvalue weighted by Gasteiger charge is -2.15. The lowest BCUT2D eigenvalue weighted by molar-refractivity contribution is 0.169. The maximum atomic E-state index is 10.1. The van der Waals surface area contributed by atoms with Crippen molar-refractivity contribution in [2.24, 2.45) is 0 Å². The van der Waals surface area contributed by atoms with E-state index in [9.17, 15) is 5.11 Å². The number of ether oxygens (including phenoxy) is 1. The molecular formula is C13H20O2S. The Bertz CT molecular complexity index is 302. The van der Waals surface area contributed by atoms with Gasteiger partial charge in [0.2, 0.25) is 0 Å². The first kappa shape index (κ1) is 13.4. The molecule has 0 aliphatic rings. The van der Waals surface area contributed by atoms with Crippen LogP contribution in [0.3, 0.4) is 0 Å². The van der Waals surface area contributed by atoms with Crippen molar-refractivity contribution in [3.05, 3.63) is 29.8 Å². The van der Waals surface area contributed by atoms with E-state index >= 15 is 0 Å². The third-order valence-corrected chi connectivity index (χ3v) is 3.25. The molecule has 1 rings (SSSR count). The summed E-state index contributed by atoms with van der Waals surface area (Å²) in [6.45, 7) is 4.72. The van der Waals surface area contributed by atoms with Gasteiger partial charge in [-0.25, -0.2) is 0 Å². The minimum Gasteiger partial charge on any atom is -0.493 e. The van der Waals surface area contributed by atoms with Gasteiger partial charge in [-0.05, 0) is 30.9 Å². The van der Waals surface area contributed by atoms with Crippen molar-refractivity contribution in [3.8, 4) is 5.75 Å². The molecule has 3 heteroatoms. The van der Waals surface area contributed by atoms with Gasteiger partial charge in [-0.3, -0.25) is 0 Å². The lowest BCUT2D eigenvalue weighted by Crippen LogP contribution is -2.03. The maximum Gasteiger partial charge on any atom is 0.125 e. The van der Waals surface area contributed by atoms with Crippen LogP contribution in [0.4, 0.5) is 0 Å². The van der Waals surface area contributed by atoms with Gasteiger partial charge in [0, 0.05) is 5.56 Å². The molecule has 90 valence electrons. The molecule has 1 aromatic carbocycles. The van der Waals surface area contributed by atoms with E-state index in [0.29, 0.717) is 6.61 Å². The van der Waals surface area contributed by atoms with Crippen LogP contribution in [-0.4, -0.2) is 23.2 Å². The largest absolute Gasteiger partial charge is 0.493 e. The van der Waals surface area contributed by atoms with E-state index in [0.717, 1.165) is 29.2 Å². The van der Waals surface area contributed by atoms with E-state index in [-0.39, 0.29) is 0 Å². The van der Waals surface area contributed by atoms with Crippen molar-refractivity contribution >= 4 is 11.8 Å². The predicted octanol–water partition coefficient (Wildman–Crippen LogP) is 3.26. The number of benzene rings is 1. The van der Waals surface area contributed by atoms with Crippen LogP contribution in [0, 0.1) is 0 Å². The van der Waals surface area contributed by atoms with E-state index in [2.05, 4.69) is 6.92 Å². The Morgan fingerprint density at radius 2 is 2.06 bits per heavy atom. The molecule has 0 bridgehead atoms. The van der Waals surface area contributed by atoms with E-state index in [1.54, 1.807) is 0 Å². The van der Waals surface area contributed by atoms with E-state index in [1.807, 2.05) is 43.0 Å². The van der Waals surface area contributed by atoms with Gasteiger partial charge in [0.05, 0.1) is 12.7 Å². The van der Waals surface area contributed by atoms with Crippen LogP contribution in [0.1, 0.15) is 31.9 Å². The number of aliphatic hydroxyl groups excluding tert-OH is 1. The van der Waals surface area contributed by atoms with Crippen molar-refractivity contribution in [2.45, 2.75) is 26.4 Å². The minimum atomic E-state index is -0.415. The molecule has 16 heavy (non-hydrogen) atoms. The average molecular weight is 240 g/mol. The molecule has 0 aliphatic heterocycles. The number of aliphatic hydroxyl groups is 1. The zero-order valence-corrected chi connectivity index (χ0v) is 10.8. The van der Waals surface area contributed by atoms with E-state index in [1.165, 1.54) is 0 Å².